The van der Waals surface area contributed by atoms with Crippen molar-refractivity contribution < 1.29 is 14.7 Å². The van der Waals surface area contributed by atoms with Gasteiger partial charge in [0, 0.05) is 0 Å². The average molecular weight is 291 g/mol. The van der Waals surface area contributed by atoms with Gasteiger partial charge in [0.1, 0.15) is 11.2 Å². The Morgan fingerprint density at radius 2 is 2.10 bits per heavy atom. The van der Waals surface area contributed by atoms with Gasteiger partial charge in [-0.05, 0) is 43.7 Å². The van der Waals surface area contributed by atoms with Crippen molar-refractivity contribution in [3.63, 3.8) is 0 Å². The van der Waals surface area contributed by atoms with Gasteiger partial charge in [-0.2, -0.15) is 0 Å². The molecule has 1 saturated carbocycles. The minimum Gasteiger partial charge on any atom is -0.480 e. The van der Waals surface area contributed by atoms with Gasteiger partial charge in [0.25, 0.3) is 5.91 Å². The zero-order chi connectivity index (χ0) is 15.5. The number of anilines is 1. The third-order valence-corrected chi connectivity index (χ3v) is 4.32. The SMILES string of the molecule is CCC1CCC(NC(=O)c2ccc(N)cn2)(C(=O)O)CC1. The molecule has 0 spiro atoms. The molecule has 1 fully saturated rings. The molecule has 21 heavy (non-hydrogen) atoms. The van der Waals surface area contributed by atoms with Gasteiger partial charge in [0.05, 0.1) is 11.9 Å². The van der Waals surface area contributed by atoms with Crippen LogP contribution in [0.1, 0.15) is 49.5 Å². The fraction of sp³-hybridized carbons (Fsp3) is 0.533. The van der Waals surface area contributed by atoms with Crippen LogP contribution in [0.5, 0.6) is 0 Å². The zero-order valence-corrected chi connectivity index (χ0v) is 12.1. The van der Waals surface area contributed by atoms with Crippen molar-refractivity contribution in [3.05, 3.63) is 24.0 Å². The Morgan fingerprint density at radius 3 is 2.57 bits per heavy atom. The summed E-state index contributed by atoms with van der Waals surface area (Å²) in [6.07, 6.45) is 4.99. The van der Waals surface area contributed by atoms with Crippen molar-refractivity contribution in [3.8, 4) is 0 Å². The van der Waals surface area contributed by atoms with E-state index in [0.29, 0.717) is 24.4 Å². The number of rotatable bonds is 4. The number of carboxylic acids is 1. The number of nitrogens with one attached hydrogen (secondary N) is 1. The average Bonchev–Trinajstić information content (AvgIpc) is 2.48. The summed E-state index contributed by atoms with van der Waals surface area (Å²) >= 11 is 0. The Balaban J connectivity index is 2.12. The van der Waals surface area contributed by atoms with Crippen LogP contribution in [-0.2, 0) is 4.79 Å². The molecule has 4 N–H and O–H groups in total. The van der Waals surface area contributed by atoms with E-state index in [1.165, 1.54) is 12.3 Å². The number of pyridine rings is 1. The summed E-state index contributed by atoms with van der Waals surface area (Å²) < 4.78 is 0. The molecule has 0 bridgehead atoms. The number of carbonyl (C=O) groups excluding carboxylic acids is 1. The number of amides is 1. The van der Waals surface area contributed by atoms with Gasteiger partial charge in [-0.1, -0.05) is 13.3 Å². The first-order valence-corrected chi connectivity index (χ1v) is 7.24. The molecule has 0 atom stereocenters. The number of nitrogen functional groups attached to an aromatic ring is 1. The van der Waals surface area contributed by atoms with E-state index >= 15 is 0 Å². The number of carboxylic acid groups (broad SMARTS) is 1. The number of aromatic nitrogens is 1. The Bertz CT molecular complexity index is 519. The number of carbonyl (C=O) groups is 2. The van der Waals surface area contributed by atoms with E-state index in [-0.39, 0.29) is 5.69 Å². The lowest BCUT2D eigenvalue weighted by Gasteiger charge is -2.37. The first-order valence-electron chi connectivity index (χ1n) is 7.24. The van der Waals surface area contributed by atoms with Gasteiger partial charge < -0.3 is 16.2 Å². The highest BCUT2D eigenvalue weighted by atomic mass is 16.4. The maximum atomic E-state index is 12.2. The molecular weight excluding hydrogens is 270 g/mol. The van der Waals surface area contributed by atoms with Crippen LogP contribution < -0.4 is 11.1 Å². The van der Waals surface area contributed by atoms with Gasteiger partial charge in [0.15, 0.2) is 0 Å². The first-order chi connectivity index (χ1) is 9.97. The summed E-state index contributed by atoms with van der Waals surface area (Å²) in [7, 11) is 0. The van der Waals surface area contributed by atoms with Gasteiger partial charge in [-0.3, -0.25) is 4.79 Å². The smallest absolute Gasteiger partial charge is 0.329 e. The number of nitrogens with two attached hydrogens (primary N) is 1. The van der Waals surface area contributed by atoms with Crippen molar-refractivity contribution in [2.24, 2.45) is 5.92 Å². The van der Waals surface area contributed by atoms with Crippen LogP contribution >= 0.6 is 0 Å². The van der Waals surface area contributed by atoms with Crippen LogP contribution in [0.2, 0.25) is 0 Å². The number of nitrogens with zero attached hydrogens (tertiary/aromatic N) is 1. The monoisotopic (exact) mass is 291 g/mol. The molecule has 0 radical (unpaired) electrons. The summed E-state index contributed by atoms with van der Waals surface area (Å²) in [5.74, 6) is -0.891. The third-order valence-electron chi connectivity index (χ3n) is 4.32. The van der Waals surface area contributed by atoms with Crippen LogP contribution in [-0.4, -0.2) is 27.5 Å². The van der Waals surface area contributed by atoms with E-state index in [1.54, 1.807) is 6.07 Å². The second-order valence-corrected chi connectivity index (χ2v) is 5.67. The first kappa shape index (κ1) is 15.3. The minimum absolute atomic E-state index is 0.183. The molecule has 2 rings (SSSR count). The van der Waals surface area contributed by atoms with Crippen LogP contribution in [0.4, 0.5) is 5.69 Å². The third kappa shape index (κ3) is 3.32. The van der Waals surface area contributed by atoms with Gasteiger partial charge in [0.2, 0.25) is 0 Å². The second-order valence-electron chi connectivity index (χ2n) is 5.67. The number of hydrogen-bond acceptors (Lipinski definition) is 4. The lowest BCUT2D eigenvalue weighted by atomic mass is 9.75. The predicted molar refractivity (Wildman–Crippen MR) is 78.7 cm³/mol. The highest BCUT2D eigenvalue weighted by Gasteiger charge is 2.43. The minimum atomic E-state index is -1.17. The molecule has 1 aromatic rings. The van der Waals surface area contributed by atoms with E-state index in [0.717, 1.165) is 19.3 Å². The van der Waals surface area contributed by atoms with Crippen molar-refractivity contribution >= 4 is 17.6 Å². The van der Waals surface area contributed by atoms with Gasteiger partial charge in [-0.25, -0.2) is 9.78 Å². The topological polar surface area (TPSA) is 105 Å². The largest absolute Gasteiger partial charge is 0.480 e. The van der Waals surface area contributed by atoms with Crippen molar-refractivity contribution in [1.82, 2.24) is 10.3 Å². The summed E-state index contributed by atoms with van der Waals surface area (Å²) in [6.45, 7) is 2.11. The summed E-state index contributed by atoms with van der Waals surface area (Å²) in [6, 6.07) is 3.07. The van der Waals surface area contributed by atoms with E-state index in [1.807, 2.05) is 0 Å². The Kier molecular flexibility index (Phi) is 4.45. The van der Waals surface area contributed by atoms with Crippen LogP contribution in [0.3, 0.4) is 0 Å². The molecular formula is C15H21N3O3. The molecule has 6 heteroatoms. The summed E-state index contributed by atoms with van der Waals surface area (Å²) in [5.41, 5.74) is 5.00. The maximum Gasteiger partial charge on any atom is 0.329 e. The molecule has 0 aliphatic heterocycles. The Morgan fingerprint density at radius 1 is 1.43 bits per heavy atom. The molecule has 1 heterocycles. The van der Waals surface area contributed by atoms with Crippen molar-refractivity contribution in [2.45, 2.75) is 44.6 Å². The predicted octanol–water partition coefficient (Wildman–Crippen LogP) is 1.82. The highest BCUT2D eigenvalue weighted by molar-refractivity contribution is 5.96. The van der Waals surface area contributed by atoms with Crippen LogP contribution in [0.25, 0.3) is 0 Å². The molecule has 1 amide bonds. The molecule has 1 aliphatic rings. The normalized spacial score (nSPS) is 25.3. The second kappa shape index (κ2) is 6.11. The fourth-order valence-electron chi connectivity index (χ4n) is 2.79. The van der Waals surface area contributed by atoms with Gasteiger partial charge >= 0.3 is 5.97 Å². The lowest BCUT2D eigenvalue weighted by molar-refractivity contribution is -0.146. The summed E-state index contributed by atoms with van der Waals surface area (Å²) in [4.78, 5) is 27.8. The van der Waals surface area contributed by atoms with Crippen molar-refractivity contribution in [2.75, 3.05) is 5.73 Å². The quantitative estimate of drug-likeness (QED) is 0.784. The standard InChI is InChI=1S/C15H21N3O3/c1-2-10-5-7-15(8-6-10,14(20)21)18-13(19)12-4-3-11(16)9-17-12/h3-4,9-10H,2,5-8,16H2,1H3,(H,18,19)(H,20,21). The van der Waals surface area contributed by atoms with E-state index in [4.69, 9.17) is 5.73 Å². The van der Waals surface area contributed by atoms with E-state index in [9.17, 15) is 14.7 Å². The number of hydrogen-bond donors (Lipinski definition) is 3. The van der Waals surface area contributed by atoms with Crippen LogP contribution in [0.15, 0.2) is 18.3 Å². The van der Waals surface area contributed by atoms with Gasteiger partial charge in [-0.15, -0.1) is 0 Å². The van der Waals surface area contributed by atoms with E-state index < -0.39 is 17.4 Å². The molecule has 1 aromatic heterocycles. The van der Waals surface area contributed by atoms with Crippen molar-refractivity contribution in [1.29, 1.82) is 0 Å². The maximum absolute atomic E-state index is 12.2. The Hall–Kier alpha value is -2.11. The Labute approximate surface area is 123 Å². The lowest BCUT2D eigenvalue weighted by Crippen LogP contribution is -2.56. The zero-order valence-electron chi connectivity index (χ0n) is 12.1. The highest BCUT2D eigenvalue weighted by Crippen LogP contribution is 2.34. The van der Waals surface area contributed by atoms with Crippen LogP contribution in [0, 0.1) is 5.92 Å². The number of aliphatic carboxylic acids is 1. The fourth-order valence-corrected chi connectivity index (χ4v) is 2.79. The molecule has 114 valence electrons. The molecule has 0 unspecified atom stereocenters. The van der Waals surface area contributed by atoms with E-state index in [2.05, 4.69) is 17.2 Å². The molecule has 0 aromatic carbocycles. The molecule has 6 nitrogen and oxygen atoms in total. The molecule has 1 aliphatic carbocycles. The molecule has 0 saturated heterocycles. The summed E-state index contributed by atoms with van der Waals surface area (Å²) in [5, 5.41) is 12.2.